The number of rotatable bonds is 4. The number of aliphatic hydroxyl groups is 1. The van der Waals surface area contributed by atoms with Gasteiger partial charge in [-0.3, -0.25) is 0 Å². The van der Waals surface area contributed by atoms with Crippen LogP contribution in [0, 0.1) is 17.9 Å². The lowest BCUT2D eigenvalue weighted by molar-refractivity contribution is 0.00681. The lowest BCUT2D eigenvalue weighted by Gasteiger charge is -2.28. The molecule has 0 saturated heterocycles. The van der Waals surface area contributed by atoms with E-state index in [2.05, 4.69) is 0 Å². The average Bonchev–Trinajstić information content (AvgIpc) is 2.37. The molecule has 107 valence electrons. The third-order valence-electron chi connectivity index (χ3n) is 3.34. The topological polar surface area (TPSA) is 29.5 Å². The van der Waals surface area contributed by atoms with Crippen molar-refractivity contribution >= 4 is 0 Å². The lowest BCUT2D eigenvalue weighted by atomic mass is 9.85. The van der Waals surface area contributed by atoms with Crippen LogP contribution in [0.15, 0.2) is 5.76 Å². The van der Waals surface area contributed by atoms with E-state index in [0.29, 0.717) is 18.3 Å². The van der Waals surface area contributed by atoms with Crippen LogP contribution in [-0.4, -0.2) is 17.8 Å². The van der Waals surface area contributed by atoms with Crippen LogP contribution in [0.2, 0.25) is 0 Å². The van der Waals surface area contributed by atoms with Gasteiger partial charge in [0.15, 0.2) is 0 Å². The summed E-state index contributed by atoms with van der Waals surface area (Å²) in [5.41, 5.74) is -0.147. The van der Waals surface area contributed by atoms with Crippen LogP contribution in [-0.2, 0) is 4.74 Å². The Morgan fingerprint density at radius 1 is 1.22 bits per heavy atom. The molecule has 0 heterocycles. The Balaban J connectivity index is 0.00000137. The highest BCUT2D eigenvalue weighted by molar-refractivity contribution is 4.93. The smallest absolute Gasteiger partial charge is 0.114 e. The van der Waals surface area contributed by atoms with Crippen molar-refractivity contribution < 1.29 is 9.84 Å². The summed E-state index contributed by atoms with van der Waals surface area (Å²) in [6.45, 7) is 16.2. The molecule has 1 N–H and O–H groups in total. The summed E-state index contributed by atoms with van der Waals surface area (Å²) in [5, 5.41) is 9.99. The summed E-state index contributed by atoms with van der Waals surface area (Å²) < 4.78 is 5.47. The van der Waals surface area contributed by atoms with Crippen LogP contribution in [0.3, 0.4) is 0 Å². The van der Waals surface area contributed by atoms with E-state index in [1.54, 1.807) is 0 Å². The number of aliphatic hydroxyl groups excluding tert-OH is 1. The van der Waals surface area contributed by atoms with E-state index < -0.39 is 0 Å². The van der Waals surface area contributed by atoms with Crippen LogP contribution in [0.5, 0.6) is 0 Å². The van der Waals surface area contributed by atoms with Gasteiger partial charge in [0, 0.05) is 5.41 Å². The maximum atomic E-state index is 9.99. The first kappa shape index (κ1) is 17.5. The van der Waals surface area contributed by atoms with Gasteiger partial charge in [0.2, 0.25) is 0 Å². The Bertz CT molecular complexity index is 222. The molecule has 1 aliphatic rings. The van der Waals surface area contributed by atoms with Crippen LogP contribution < -0.4 is 0 Å². The predicted octanol–water partition coefficient (Wildman–Crippen LogP) is 4.33. The molecule has 18 heavy (non-hydrogen) atoms. The Labute approximate surface area is 113 Å². The first-order valence-electron chi connectivity index (χ1n) is 7.35. The van der Waals surface area contributed by atoms with E-state index in [9.17, 15) is 5.11 Å². The summed E-state index contributed by atoms with van der Waals surface area (Å²) in [6, 6.07) is 0. The Morgan fingerprint density at radius 2 is 1.72 bits per heavy atom. The van der Waals surface area contributed by atoms with Gasteiger partial charge in [0.05, 0.1) is 6.10 Å². The fraction of sp³-hybridized carbons (Fsp3) is 0.875. The van der Waals surface area contributed by atoms with Crippen molar-refractivity contribution in [2.75, 3.05) is 6.61 Å². The van der Waals surface area contributed by atoms with E-state index >= 15 is 0 Å². The molecule has 0 aliphatic heterocycles. The van der Waals surface area contributed by atoms with E-state index in [1.807, 2.05) is 34.6 Å². The summed E-state index contributed by atoms with van der Waals surface area (Å²) in [6.07, 6.45) is 5.67. The van der Waals surface area contributed by atoms with E-state index in [0.717, 1.165) is 12.8 Å². The molecular weight excluding hydrogens is 224 g/mol. The minimum absolute atomic E-state index is 0.147. The van der Waals surface area contributed by atoms with Crippen molar-refractivity contribution in [1.82, 2.24) is 0 Å². The molecular formula is C16H31O2. The van der Waals surface area contributed by atoms with Crippen molar-refractivity contribution in [3.05, 3.63) is 12.3 Å². The minimum atomic E-state index is -0.360. The van der Waals surface area contributed by atoms with E-state index in [-0.39, 0.29) is 11.5 Å². The summed E-state index contributed by atoms with van der Waals surface area (Å²) >= 11 is 0. The molecule has 0 aromatic carbocycles. The quantitative estimate of drug-likeness (QED) is 0.757. The molecule has 1 rings (SSSR count). The van der Waals surface area contributed by atoms with Crippen molar-refractivity contribution in [1.29, 1.82) is 0 Å². The Hall–Kier alpha value is -0.500. The fourth-order valence-electron chi connectivity index (χ4n) is 2.05. The Morgan fingerprint density at radius 3 is 2.17 bits per heavy atom. The van der Waals surface area contributed by atoms with Crippen molar-refractivity contribution in [3.8, 4) is 0 Å². The maximum Gasteiger partial charge on any atom is 0.114 e. The number of hydrogen-bond acceptors (Lipinski definition) is 2. The monoisotopic (exact) mass is 255 g/mol. The van der Waals surface area contributed by atoms with Gasteiger partial charge in [-0.2, -0.15) is 0 Å². The molecule has 0 bridgehead atoms. The highest BCUT2D eigenvalue weighted by Gasteiger charge is 2.24. The number of ether oxygens (including phenoxy) is 1. The molecule has 2 heteroatoms. The van der Waals surface area contributed by atoms with E-state index in [4.69, 9.17) is 11.3 Å². The molecule has 2 nitrogen and oxygen atoms in total. The molecule has 1 aliphatic carbocycles. The lowest BCUT2D eigenvalue weighted by Crippen LogP contribution is -2.28. The second kappa shape index (κ2) is 8.58. The fourth-order valence-corrected chi connectivity index (χ4v) is 2.05. The number of hydrogen-bond donors (Lipinski definition) is 1. The SMILES string of the molecule is CC.[CH]=C(OCC(O)C1CCCCC1)C(C)(C)C. The van der Waals surface area contributed by atoms with Gasteiger partial charge in [-0.1, -0.05) is 53.9 Å². The van der Waals surface area contributed by atoms with Gasteiger partial charge in [0.25, 0.3) is 0 Å². The summed E-state index contributed by atoms with van der Waals surface area (Å²) in [4.78, 5) is 0. The van der Waals surface area contributed by atoms with Gasteiger partial charge < -0.3 is 9.84 Å². The van der Waals surface area contributed by atoms with Gasteiger partial charge in [-0.15, -0.1) is 0 Å². The molecule has 1 radical (unpaired) electrons. The predicted molar refractivity (Wildman–Crippen MR) is 77.1 cm³/mol. The zero-order valence-corrected chi connectivity index (χ0v) is 12.8. The largest absolute Gasteiger partial charge is 0.495 e. The first-order chi connectivity index (χ1) is 8.41. The molecule has 1 atom stereocenters. The van der Waals surface area contributed by atoms with Gasteiger partial charge in [0.1, 0.15) is 12.4 Å². The Kier molecular flexibility index (Phi) is 8.34. The van der Waals surface area contributed by atoms with Crippen LogP contribution in [0.4, 0.5) is 0 Å². The van der Waals surface area contributed by atoms with E-state index in [1.165, 1.54) is 19.3 Å². The number of allylic oxidation sites excluding steroid dienone is 1. The third kappa shape index (κ3) is 6.44. The van der Waals surface area contributed by atoms with Crippen molar-refractivity contribution in [2.24, 2.45) is 11.3 Å². The van der Waals surface area contributed by atoms with Crippen molar-refractivity contribution in [2.45, 2.75) is 72.8 Å². The van der Waals surface area contributed by atoms with Gasteiger partial charge in [-0.05, 0) is 25.3 Å². The standard InChI is InChI=1S/C14H25O2.C2H6/c1-11(14(2,3)4)16-10-13(15)12-8-6-5-7-9-12;1-2/h1,12-13,15H,5-10H2,2-4H3;1-2H3. The molecule has 1 fully saturated rings. The normalized spacial score (nSPS) is 18.6. The molecule has 0 spiro atoms. The maximum absolute atomic E-state index is 9.99. The second-order valence-corrected chi connectivity index (χ2v) is 5.89. The molecule has 0 aromatic rings. The second-order valence-electron chi connectivity index (χ2n) is 5.89. The minimum Gasteiger partial charge on any atom is -0.495 e. The highest BCUT2D eigenvalue weighted by atomic mass is 16.5. The molecule has 1 unspecified atom stereocenters. The summed E-state index contributed by atoms with van der Waals surface area (Å²) in [5.74, 6) is 0.920. The van der Waals surface area contributed by atoms with Crippen LogP contribution in [0.25, 0.3) is 0 Å². The van der Waals surface area contributed by atoms with Gasteiger partial charge >= 0.3 is 0 Å². The molecule has 1 saturated carbocycles. The van der Waals surface area contributed by atoms with Crippen LogP contribution in [0.1, 0.15) is 66.7 Å². The van der Waals surface area contributed by atoms with Crippen LogP contribution >= 0.6 is 0 Å². The van der Waals surface area contributed by atoms with Gasteiger partial charge in [-0.25, -0.2) is 0 Å². The zero-order chi connectivity index (χ0) is 14.2. The third-order valence-corrected chi connectivity index (χ3v) is 3.34. The molecule has 0 amide bonds. The highest BCUT2D eigenvalue weighted by Crippen LogP contribution is 2.28. The van der Waals surface area contributed by atoms with Crippen molar-refractivity contribution in [3.63, 3.8) is 0 Å². The zero-order valence-electron chi connectivity index (χ0n) is 12.8. The first-order valence-corrected chi connectivity index (χ1v) is 7.35. The summed E-state index contributed by atoms with van der Waals surface area (Å²) in [7, 11) is 0. The molecule has 0 aromatic heterocycles. The average molecular weight is 255 g/mol.